The van der Waals surface area contributed by atoms with Crippen LogP contribution in [0, 0.1) is 11.8 Å². The van der Waals surface area contributed by atoms with E-state index in [-0.39, 0.29) is 23.7 Å². The molecule has 0 bridgehead atoms. The average molecular weight is 424 g/mol. The molecule has 31 heavy (non-hydrogen) atoms. The lowest BCUT2D eigenvalue weighted by atomic mass is 9.92. The summed E-state index contributed by atoms with van der Waals surface area (Å²) in [6, 6.07) is 10.5. The van der Waals surface area contributed by atoms with Crippen molar-refractivity contribution in [2.75, 3.05) is 31.5 Å². The number of benzene rings is 1. The maximum absolute atomic E-state index is 13.1. The fourth-order valence-electron chi connectivity index (χ4n) is 4.71. The molecule has 3 heterocycles. The zero-order valence-corrected chi connectivity index (χ0v) is 18.4. The molecule has 4 rings (SSSR count). The number of hydrogen-bond acceptors (Lipinski definition) is 4. The van der Waals surface area contributed by atoms with Gasteiger partial charge < -0.3 is 10.2 Å². The maximum Gasteiger partial charge on any atom is 0.227 e. The molecule has 166 valence electrons. The van der Waals surface area contributed by atoms with Gasteiger partial charge in [-0.1, -0.05) is 30.3 Å². The van der Waals surface area contributed by atoms with Crippen LogP contribution in [0.15, 0.2) is 42.7 Å². The molecule has 1 N–H and O–H groups in total. The van der Waals surface area contributed by atoms with Crippen LogP contribution in [0.25, 0.3) is 0 Å². The number of aryl methyl sites for hydroxylation is 1. The van der Waals surface area contributed by atoms with Crippen LogP contribution in [0.3, 0.4) is 0 Å². The summed E-state index contributed by atoms with van der Waals surface area (Å²) >= 11 is 0. The Balaban J connectivity index is 1.25. The van der Waals surface area contributed by atoms with Crippen LogP contribution in [-0.2, 0) is 22.7 Å². The van der Waals surface area contributed by atoms with E-state index < -0.39 is 0 Å². The number of carbonyl (C=O) groups excluding carboxylic acids is 2. The minimum Gasteiger partial charge on any atom is -0.342 e. The highest BCUT2D eigenvalue weighted by Crippen LogP contribution is 2.25. The molecule has 2 aromatic rings. The molecule has 2 aliphatic rings. The van der Waals surface area contributed by atoms with Gasteiger partial charge in [-0.05, 0) is 44.7 Å². The first-order valence-corrected chi connectivity index (χ1v) is 11.5. The predicted octanol–water partition coefficient (Wildman–Crippen LogP) is 2.99. The molecule has 1 unspecified atom stereocenters. The average Bonchev–Trinajstić information content (AvgIpc) is 3.27. The summed E-state index contributed by atoms with van der Waals surface area (Å²) in [5.41, 5.74) is 2.04. The van der Waals surface area contributed by atoms with Gasteiger partial charge in [-0.15, -0.1) is 0 Å². The van der Waals surface area contributed by atoms with Crippen LogP contribution in [0.2, 0.25) is 0 Å². The summed E-state index contributed by atoms with van der Waals surface area (Å²) in [4.78, 5) is 30.1. The normalized spacial score (nSPS) is 20.5. The van der Waals surface area contributed by atoms with E-state index in [2.05, 4.69) is 39.6 Å². The molecule has 7 heteroatoms. The zero-order valence-electron chi connectivity index (χ0n) is 18.4. The van der Waals surface area contributed by atoms with Gasteiger partial charge in [-0.25, -0.2) is 0 Å². The molecule has 1 aromatic carbocycles. The van der Waals surface area contributed by atoms with Crippen molar-refractivity contribution in [2.45, 2.75) is 45.7 Å². The molecular weight excluding hydrogens is 390 g/mol. The van der Waals surface area contributed by atoms with Crippen LogP contribution in [0.1, 0.15) is 38.2 Å². The number of rotatable bonds is 6. The SMILES string of the molecule is CCn1cc(NC(=O)C2CCN(C(=O)C3CCCN(Cc4ccccc4)C3)CC2)cn1. The first-order chi connectivity index (χ1) is 15.1. The Hall–Kier alpha value is -2.67. The Kier molecular flexibility index (Phi) is 7.02. The molecule has 1 atom stereocenters. The van der Waals surface area contributed by atoms with Gasteiger partial charge in [0.15, 0.2) is 0 Å². The van der Waals surface area contributed by atoms with E-state index in [0.717, 1.165) is 57.5 Å². The Morgan fingerprint density at radius 1 is 1.06 bits per heavy atom. The van der Waals surface area contributed by atoms with E-state index in [1.54, 1.807) is 10.9 Å². The van der Waals surface area contributed by atoms with Crippen molar-refractivity contribution in [3.63, 3.8) is 0 Å². The second-order valence-corrected chi connectivity index (χ2v) is 8.73. The quantitative estimate of drug-likeness (QED) is 0.775. The number of carbonyl (C=O) groups is 2. The van der Waals surface area contributed by atoms with Crippen LogP contribution < -0.4 is 5.32 Å². The number of anilines is 1. The fraction of sp³-hybridized carbons (Fsp3) is 0.542. The number of hydrogen-bond donors (Lipinski definition) is 1. The van der Waals surface area contributed by atoms with Gasteiger partial charge in [-0.2, -0.15) is 5.10 Å². The monoisotopic (exact) mass is 423 g/mol. The highest BCUT2D eigenvalue weighted by Gasteiger charge is 2.33. The van der Waals surface area contributed by atoms with Crippen molar-refractivity contribution in [2.24, 2.45) is 11.8 Å². The molecule has 2 fully saturated rings. The Morgan fingerprint density at radius 2 is 1.84 bits per heavy atom. The molecule has 0 spiro atoms. The number of likely N-dealkylation sites (tertiary alicyclic amines) is 2. The van der Waals surface area contributed by atoms with Crippen LogP contribution in [0.5, 0.6) is 0 Å². The lowest BCUT2D eigenvalue weighted by Crippen LogP contribution is -2.48. The second-order valence-electron chi connectivity index (χ2n) is 8.73. The van der Waals surface area contributed by atoms with Crippen LogP contribution in [-0.4, -0.2) is 57.6 Å². The molecule has 1 aromatic heterocycles. The highest BCUT2D eigenvalue weighted by molar-refractivity contribution is 5.92. The summed E-state index contributed by atoms with van der Waals surface area (Å²) < 4.78 is 1.79. The molecule has 0 radical (unpaired) electrons. The van der Waals surface area contributed by atoms with Crippen LogP contribution in [0.4, 0.5) is 5.69 Å². The van der Waals surface area contributed by atoms with Gasteiger partial charge >= 0.3 is 0 Å². The standard InChI is InChI=1S/C24H33N5O2/c1-2-29-18-22(15-25-29)26-23(30)20-10-13-28(14-11-20)24(31)21-9-6-12-27(17-21)16-19-7-4-3-5-8-19/h3-5,7-8,15,18,20-21H,2,6,9-14,16-17H2,1H3,(H,26,30). The van der Waals surface area contributed by atoms with Crippen molar-refractivity contribution < 1.29 is 9.59 Å². The van der Waals surface area contributed by atoms with E-state index in [1.807, 2.05) is 24.1 Å². The van der Waals surface area contributed by atoms with E-state index in [1.165, 1.54) is 5.56 Å². The summed E-state index contributed by atoms with van der Waals surface area (Å²) in [7, 11) is 0. The van der Waals surface area contributed by atoms with Gasteiger partial charge in [-0.3, -0.25) is 19.2 Å². The predicted molar refractivity (Wildman–Crippen MR) is 120 cm³/mol. The van der Waals surface area contributed by atoms with Crippen LogP contribution >= 0.6 is 0 Å². The third-order valence-electron chi connectivity index (χ3n) is 6.51. The highest BCUT2D eigenvalue weighted by atomic mass is 16.2. The minimum absolute atomic E-state index is 0.0365. The van der Waals surface area contributed by atoms with Gasteiger partial charge in [0, 0.05) is 44.8 Å². The van der Waals surface area contributed by atoms with Gasteiger partial charge in [0.05, 0.1) is 17.8 Å². The van der Waals surface area contributed by atoms with Crippen molar-refractivity contribution in [1.82, 2.24) is 19.6 Å². The van der Waals surface area contributed by atoms with Crippen molar-refractivity contribution in [3.05, 3.63) is 48.3 Å². The maximum atomic E-state index is 13.1. The number of amides is 2. The largest absolute Gasteiger partial charge is 0.342 e. The fourth-order valence-corrected chi connectivity index (χ4v) is 4.71. The van der Waals surface area contributed by atoms with E-state index in [0.29, 0.717) is 13.1 Å². The first-order valence-electron chi connectivity index (χ1n) is 11.5. The Morgan fingerprint density at radius 3 is 2.55 bits per heavy atom. The number of nitrogens with one attached hydrogen (secondary N) is 1. The van der Waals surface area contributed by atoms with Gasteiger partial charge in [0.1, 0.15) is 0 Å². The molecular formula is C24H33N5O2. The van der Waals surface area contributed by atoms with Gasteiger partial charge in [0.2, 0.25) is 11.8 Å². The number of nitrogens with zero attached hydrogens (tertiary/aromatic N) is 4. The second kappa shape index (κ2) is 10.1. The lowest BCUT2D eigenvalue weighted by molar-refractivity contribution is -0.140. The van der Waals surface area contributed by atoms with E-state index in [4.69, 9.17) is 0 Å². The number of piperidine rings is 2. The summed E-state index contributed by atoms with van der Waals surface area (Å²) in [6.45, 7) is 6.91. The van der Waals surface area contributed by atoms with Crippen molar-refractivity contribution >= 4 is 17.5 Å². The van der Waals surface area contributed by atoms with Gasteiger partial charge in [0.25, 0.3) is 0 Å². The number of aromatic nitrogens is 2. The van der Waals surface area contributed by atoms with Crippen molar-refractivity contribution in [3.8, 4) is 0 Å². The smallest absolute Gasteiger partial charge is 0.227 e. The molecule has 2 amide bonds. The molecule has 0 saturated carbocycles. The Labute approximate surface area is 184 Å². The molecule has 0 aliphatic carbocycles. The summed E-state index contributed by atoms with van der Waals surface area (Å²) in [5.74, 6) is 0.327. The molecule has 2 saturated heterocycles. The third-order valence-corrected chi connectivity index (χ3v) is 6.51. The summed E-state index contributed by atoms with van der Waals surface area (Å²) in [6.07, 6.45) is 7.00. The Bertz CT molecular complexity index is 873. The molecule has 2 aliphatic heterocycles. The topological polar surface area (TPSA) is 70.5 Å². The first kappa shape index (κ1) is 21.6. The van der Waals surface area contributed by atoms with E-state index in [9.17, 15) is 9.59 Å². The van der Waals surface area contributed by atoms with Crippen molar-refractivity contribution in [1.29, 1.82) is 0 Å². The van der Waals surface area contributed by atoms with E-state index >= 15 is 0 Å². The molecule has 7 nitrogen and oxygen atoms in total. The zero-order chi connectivity index (χ0) is 21.6. The summed E-state index contributed by atoms with van der Waals surface area (Å²) in [5, 5.41) is 7.17. The lowest BCUT2D eigenvalue weighted by Gasteiger charge is -2.37. The third kappa shape index (κ3) is 5.53. The minimum atomic E-state index is -0.0463.